The summed E-state index contributed by atoms with van der Waals surface area (Å²) in [6, 6.07) is 5.46. The summed E-state index contributed by atoms with van der Waals surface area (Å²) in [6.07, 6.45) is 6.91. The first-order valence-corrected chi connectivity index (χ1v) is 6.25. The lowest BCUT2D eigenvalue weighted by Crippen LogP contribution is -2.37. The fraction of sp³-hybridized carbons (Fsp3) is 0.538. The van der Waals surface area contributed by atoms with E-state index in [1.54, 1.807) is 12.3 Å². The van der Waals surface area contributed by atoms with Crippen LogP contribution in [-0.2, 0) is 4.79 Å². The van der Waals surface area contributed by atoms with E-state index in [2.05, 4.69) is 10.3 Å². The van der Waals surface area contributed by atoms with Crippen LogP contribution in [0.5, 0.6) is 0 Å². The molecule has 2 atom stereocenters. The van der Waals surface area contributed by atoms with Crippen molar-refractivity contribution in [3.8, 4) is 0 Å². The molecule has 0 spiro atoms. The Morgan fingerprint density at radius 1 is 1.29 bits per heavy atom. The predicted molar refractivity (Wildman–Crippen MR) is 67.4 cm³/mol. The summed E-state index contributed by atoms with van der Waals surface area (Å²) in [5, 5.41) is 2.84. The van der Waals surface area contributed by atoms with Crippen molar-refractivity contribution in [3.05, 3.63) is 24.4 Å². The number of carbonyl (C=O) groups is 1. The first-order chi connectivity index (χ1) is 8.27. The number of amides is 1. The van der Waals surface area contributed by atoms with Crippen LogP contribution in [0.25, 0.3) is 0 Å². The average molecular weight is 233 g/mol. The summed E-state index contributed by atoms with van der Waals surface area (Å²) in [5.41, 5.74) is 6.05. The molecule has 4 heteroatoms. The maximum atomic E-state index is 12.1. The zero-order valence-corrected chi connectivity index (χ0v) is 9.93. The number of anilines is 1. The van der Waals surface area contributed by atoms with Crippen LogP contribution < -0.4 is 11.1 Å². The van der Waals surface area contributed by atoms with Crippen molar-refractivity contribution in [2.24, 2.45) is 11.7 Å². The van der Waals surface area contributed by atoms with Gasteiger partial charge in [-0.25, -0.2) is 4.98 Å². The van der Waals surface area contributed by atoms with Gasteiger partial charge in [-0.3, -0.25) is 4.79 Å². The molecule has 1 aliphatic rings. The summed E-state index contributed by atoms with van der Waals surface area (Å²) in [4.78, 5) is 16.2. The third-order valence-corrected chi connectivity index (χ3v) is 3.32. The standard InChI is InChI=1S/C13H19N3O/c14-11-7-3-1-2-6-10(11)13(17)16-12-8-4-5-9-15-12/h4-5,8-11H,1-3,6-7,14H2,(H,15,16,17). The molecule has 4 nitrogen and oxygen atoms in total. The van der Waals surface area contributed by atoms with Crippen molar-refractivity contribution >= 4 is 11.7 Å². The maximum absolute atomic E-state index is 12.1. The number of nitrogens with zero attached hydrogens (tertiary/aromatic N) is 1. The van der Waals surface area contributed by atoms with Gasteiger partial charge in [0.1, 0.15) is 5.82 Å². The van der Waals surface area contributed by atoms with Gasteiger partial charge < -0.3 is 11.1 Å². The largest absolute Gasteiger partial charge is 0.327 e. The van der Waals surface area contributed by atoms with E-state index in [0.29, 0.717) is 5.82 Å². The zero-order chi connectivity index (χ0) is 12.1. The van der Waals surface area contributed by atoms with Gasteiger partial charge in [0.05, 0.1) is 5.92 Å². The molecule has 0 radical (unpaired) electrons. The lowest BCUT2D eigenvalue weighted by Gasteiger charge is -2.20. The van der Waals surface area contributed by atoms with Gasteiger partial charge in [-0.05, 0) is 25.0 Å². The Morgan fingerprint density at radius 2 is 2.12 bits per heavy atom. The minimum Gasteiger partial charge on any atom is -0.327 e. The third kappa shape index (κ3) is 3.27. The van der Waals surface area contributed by atoms with Gasteiger partial charge >= 0.3 is 0 Å². The highest BCUT2D eigenvalue weighted by molar-refractivity contribution is 5.92. The van der Waals surface area contributed by atoms with E-state index < -0.39 is 0 Å². The molecular weight excluding hydrogens is 214 g/mol. The number of nitrogens with one attached hydrogen (secondary N) is 1. The summed E-state index contributed by atoms with van der Waals surface area (Å²) < 4.78 is 0. The predicted octanol–water partition coefficient (Wildman–Crippen LogP) is 1.93. The van der Waals surface area contributed by atoms with E-state index in [1.807, 2.05) is 12.1 Å². The molecule has 17 heavy (non-hydrogen) atoms. The molecule has 1 amide bonds. The number of carbonyl (C=O) groups excluding carboxylic acids is 1. The Morgan fingerprint density at radius 3 is 2.88 bits per heavy atom. The van der Waals surface area contributed by atoms with Gasteiger partial charge in [-0.15, -0.1) is 0 Å². The highest BCUT2D eigenvalue weighted by atomic mass is 16.2. The molecule has 1 heterocycles. The molecule has 1 aromatic rings. The van der Waals surface area contributed by atoms with Crippen LogP contribution in [0.3, 0.4) is 0 Å². The van der Waals surface area contributed by atoms with E-state index in [0.717, 1.165) is 25.7 Å². The van der Waals surface area contributed by atoms with Crippen LogP contribution >= 0.6 is 0 Å². The molecule has 1 aromatic heterocycles. The van der Waals surface area contributed by atoms with Gasteiger partial charge in [-0.2, -0.15) is 0 Å². The van der Waals surface area contributed by atoms with Crippen molar-refractivity contribution in [1.29, 1.82) is 0 Å². The fourth-order valence-electron chi connectivity index (χ4n) is 2.32. The van der Waals surface area contributed by atoms with E-state index >= 15 is 0 Å². The minimum absolute atomic E-state index is 0.0121. The number of aromatic nitrogens is 1. The normalized spacial score (nSPS) is 25.0. The molecule has 0 saturated heterocycles. The minimum atomic E-state index is -0.0699. The molecule has 0 bridgehead atoms. The van der Waals surface area contributed by atoms with Gasteiger partial charge in [0, 0.05) is 12.2 Å². The van der Waals surface area contributed by atoms with E-state index in [9.17, 15) is 4.79 Å². The molecule has 2 rings (SSSR count). The highest BCUT2D eigenvalue weighted by Gasteiger charge is 2.27. The van der Waals surface area contributed by atoms with E-state index in [4.69, 9.17) is 5.73 Å². The lowest BCUT2D eigenvalue weighted by molar-refractivity contribution is -0.120. The summed E-state index contributed by atoms with van der Waals surface area (Å²) >= 11 is 0. The van der Waals surface area contributed by atoms with Crippen LogP contribution in [0.2, 0.25) is 0 Å². The number of rotatable bonds is 2. The Bertz CT molecular complexity index is 366. The van der Waals surface area contributed by atoms with Gasteiger partial charge in [0.25, 0.3) is 0 Å². The van der Waals surface area contributed by atoms with Crippen LogP contribution in [0, 0.1) is 5.92 Å². The Balaban J connectivity index is 1.99. The fourth-order valence-corrected chi connectivity index (χ4v) is 2.32. The van der Waals surface area contributed by atoms with Crippen LogP contribution in [0.1, 0.15) is 32.1 Å². The molecule has 1 aliphatic carbocycles. The van der Waals surface area contributed by atoms with Crippen molar-refractivity contribution in [1.82, 2.24) is 4.98 Å². The Labute approximate surface area is 102 Å². The molecular formula is C13H19N3O. The first kappa shape index (κ1) is 12.0. The monoisotopic (exact) mass is 233 g/mol. The van der Waals surface area contributed by atoms with E-state index in [1.165, 1.54) is 6.42 Å². The molecule has 3 N–H and O–H groups in total. The number of pyridine rings is 1. The van der Waals surface area contributed by atoms with Gasteiger partial charge in [0.2, 0.25) is 5.91 Å². The van der Waals surface area contributed by atoms with Gasteiger partial charge in [0.15, 0.2) is 0 Å². The number of nitrogens with two attached hydrogens (primary N) is 1. The second-order valence-corrected chi connectivity index (χ2v) is 4.61. The zero-order valence-electron chi connectivity index (χ0n) is 9.93. The van der Waals surface area contributed by atoms with E-state index in [-0.39, 0.29) is 17.9 Å². The third-order valence-electron chi connectivity index (χ3n) is 3.32. The molecule has 1 saturated carbocycles. The second-order valence-electron chi connectivity index (χ2n) is 4.61. The second kappa shape index (κ2) is 5.77. The molecule has 92 valence electrons. The van der Waals surface area contributed by atoms with Crippen LogP contribution in [-0.4, -0.2) is 16.9 Å². The lowest BCUT2D eigenvalue weighted by atomic mass is 9.94. The number of hydrogen-bond acceptors (Lipinski definition) is 3. The van der Waals surface area contributed by atoms with Crippen LogP contribution in [0.15, 0.2) is 24.4 Å². The summed E-state index contributed by atoms with van der Waals surface area (Å²) in [5.74, 6) is 0.548. The SMILES string of the molecule is NC1CCCCCC1C(=O)Nc1ccccn1. The molecule has 0 aliphatic heterocycles. The number of hydrogen-bond donors (Lipinski definition) is 2. The van der Waals surface area contributed by atoms with Crippen molar-refractivity contribution < 1.29 is 4.79 Å². The Hall–Kier alpha value is -1.42. The Kier molecular flexibility index (Phi) is 4.09. The van der Waals surface area contributed by atoms with Crippen molar-refractivity contribution in [2.75, 3.05) is 5.32 Å². The highest BCUT2D eigenvalue weighted by Crippen LogP contribution is 2.23. The summed E-state index contributed by atoms with van der Waals surface area (Å²) in [6.45, 7) is 0. The van der Waals surface area contributed by atoms with Crippen LogP contribution in [0.4, 0.5) is 5.82 Å². The van der Waals surface area contributed by atoms with Crippen molar-refractivity contribution in [3.63, 3.8) is 0 Å². The van der Waals surface area contributed by atoms with Gasteiger partial charge in [-0.1, -0.05) is 25.3 Å². The average Bonchev–Trinajstić information content (AvgIpc) is 2.55. The molecule has 1 fully saturated rings. The summed E-state index contributed by atoms with van der Waals surface area (Å²) in [7, 11) is 0. The smallest absolute Gasteiger partial charge is 0.230 e. The molecule has 2 unspecified atom stereocenters. The maximum Gasteiger partial charge on any atom is 0.230 e. The molecule has 0 aromatic carbocycles. The van der Waals surface area contributed by atoms with Crippen molar-refractivity contribution in [2.45, 2.75) is 38.1 Å². The topological polar surface area (TPSA) is 68.0 Å². The first-order valence-electron chi connectivity index (χ1n) is 6.25. The quantitative estimate of drug-likeness (QED) is 0.767.